The number of benzene rings is 1. The molecule has 0 saturated heterocycles. The number of nitrogens with zero attached hydrogens (tertiary/aromatic N) is 2. The Hall–Kier alpha value is -2.15. The predicted molar refractivity (Wildman–Crippen MR) is 112 cm³/mol. The first-order valence-corrected chi connectivity index (χ1v) is 9.97. The van der Waals surface area contributed by atoms with E-state index in [1.54, 1.807) is 24.4 Å². The van der Waals surface area contributed by atoms with Crippen LogP contribution >= 0.6 is 34.5 Å². The van der Waals surface area contributed by atoms with Crippen LogP contribution in [0.1, 0.15) is 34.5 Å². The van der Waals surface area contributed by atoms with Gasteiger partial charge in [-0.2, -0.15) is 0 Å². The van der Waals surface area contributed by atoms with Crippen LogP contribution in [0.2, 0.25) is 10.0 Å². The monoisotopic (exact) mass is 420 g/mol. The summed E-state index contributed by atoms with van der Waals surface area (Å²) in [6.07, 6.45) is 2.44. The van der Waals surface area contributed by atoms with E-state index in [4.69, 9.17) is 28.9 Å². The Labute approximate surface area is 171 Å². The molecule has 3 aromatic rings. The number of nitrogen functional groups attached to an aromatic ring is 1. The Morgan fingerprint density at radius 2 is 2.07 bits per heavy atom. The number of aromatic nitrogens is 2. The molecule has 2 aromatic heterocycles. The maximum Gasteiger partial charge on any atom is 0.261 e. The molecule has 27 heavy (non-hydrogen) atoms. The van der Waals surface area contributed by atoms with Gasteiger partial charge in [0.1, 0.15) is 0 Å². The highest BCUT2D eigenvalue weighted by molar-refractivity contribution is 7.17. The third-order valence-corrected chi connectivity index (χ3v) is 5.83. The fourth-order valence-electron chi connectivity index (χ4n) is 2.72. The second kappa shape index (κ2) is 8.69. The molecule has 0 aliphatic carbocycles. The first-order valence-electron chi connectivity index (χ1n) is 8.39. The Kier molecular flexibility index (Phi) is 6.31. The summed E-state index contributed by atoms with van der Waals surface area (Å²) in [5.41, 5.74) is 7.30. The lowest BCUT2D eigenvalue weighted by Gasteiger charge is -2.17. The molecule has 1 amide bonds. The van der Waals surface area contributed by atoms with Crippen molar-refractivity contribution in [2.75, 3.05) is 12.3 Å². The van der Waals surface area contributed by atoms with Crippen LogP contribution in [0.5, 0.6) is 0 Å². The van der Waals surface area contributed by atoms with Crippen LogP contribution in [0.3, 0.4) is 0 Å². The van der Waals surface area contributed by atoms with Crippen LogP contribution in [0.4, 0.5) is 5.95 Å². The van der Waals surface area contributed by atoms with Crippen LogP contribution < -0.4 is 11.1 Å². The van der Waals surface area contributed by atoms with Crippen molar-refractivity contribution in [3.8, 4) is 10.6 Å². The molecule has 1 aromatic carbocycles. The van der Waals surface area contributed by atoms with Crippen LogP contribution in [0.25, 0.3) is 10.6 Å². The van der Waals surface area contributed by atoms with Crippen LogP contribution in [-0.2, 0) is 0 Å². The number of carbonyl (C=O) groups is 1. The van der Waals surface area contributed by atoms with Crippen molar-refractivity contribution in [1.29, 1.82) is 0 Å². The molecule has 0 aliphatic rings. The number of halogens is 2. The maximum absolute atomic E-state index is 12.5. The van der Waals surface area contributed by atoms with Gasteiger partial charge in [0.25, 0.3) is 5.91 Å². The minimum Gasteiger partial charge on any atom is -0.368 e. The lowest BCUT2D eigenvalue weighted by Crippen LogP contribution is -2.27. The zero-order valence-corrected chi connectivity index (χ0v) is 16.9. The predicted octanol–water partition coefficient (Wildman–Crippen LogP) is 5.02. The fraction of sp³-hybridized carbons (Fsp3) is 0.211. The number of amides is 1. The number of thiophene rings is 1. The van der Waals surface area contributed by atoms with Gasteiger partial charge in [0.15, 0.2) is 0 Å². The average molecular weight is 421 g/mol. The molecule has 2 heterocycles. The Bertz CT molecular complexity index is 960. The molecule has 0 bridgehead atoms. The maximum atomic E-state index is 12.5. The van der Waals surface area contributed by atoms with E-state index >= 15 is 0 Å². The Morgan fingerprint density at radius 1 is 1.26 bits per heavy atom. The molecule has 0 spiro atoms. The van der Waals surface area contributed by atoms with E-state index in [0.717, 1.165) is 16.9 Å². The van der Waals surface area contributed by atoms with Crippen LogP contribution in [-0.4, -0.2) is 22.4 Å². The smallest absolute Gasteiger partial charge is 0.261 e. The average Bonchev–Trinajstić information content (AvgIpc) is 3.13. The SMILES string of the molecule is CCC(CNC(=O)c1ccc(-c2ccnc(N)n2)s1)c1ccc(Cl)cc1Cl. The van der Waals surface area contributed by atoms with Crippen molar-refractivity contribution >= 4 is 46.4 Å². The van der Waals surface area contributed by atoms with Crippen molar-refractivity contribution in [1.82, 2.24) is 15.3 Å². The summed E-state index contributed by atoms with van der Waals surface area (Å²) in [6, 6.07) is 10.8. The molecule has 1 atom stereocenters. The van der Waals surface area contributed by atoms with Crippen LogP contribution in [0, 0.1) is 0 Å². The number of nitrogens with two attached hydrogens (primary N) is 1. The van der Waals surface area contributed by atoms with Gasteiger partial charge in [0.05, 0.1) is 15.4 Å². The number of carbonyl (C=O) groups excluding carboxylic acids is 1. The van der Waals surface area contributed by atoms with E-state index in [1.807, 2.05) is 18.2 Å². The summed E-state index contributed by atoms with van der Waals surface area (Å²) in [5, 5.41) is 4.20. The Balaban J connectivity index is 1.68. The Morgan fingerprint density at radius 3 is 2.78 bits per heavy atom. The summed E-state index contributed by atoms with van der Waals surface area (Å²) >= 11 is 13.6. The van der Waals surface area contributed by atoms with Gasteiger partial charge in [-0.25, -0.2) is 9.97 Å². The highest BCUT2D eigenvalue weighted by Gasteiger charge is 2.16. The van der Waals surface area contributed by atoms with Gasteiger partial charge in [-0.15, -0.1) is 11.3 Å². The van der Waals surface area contributed by atoms with Crippen molar-refractivity contribution < 1.29 is 4.79 Å². The van der Waals surface area contributed by atoms with E-state index in [0.29, 0.717) is 27.2 Å². The summed E-state index contributed by atoms with van der Waals surface area (Å²) in [4.78, 5) is 22.1. The van der Waals surface area contributed by atoms with E-state index in [1.165, 1.54) is 11.3 Å². The second-order valence-electron chi connectivity index (χ2n) is 5.95. The van der Waals surface area contributed by atoms with Crippen molar-refractivity contribution in [3.05, 3.63) is 63.1 Å². The molecular weight excluding hydrogens is 403 g/mol. The van der Waals surface area contributed by atoms with Gasteiger partial charge in [-0.05, 0) is 42.3 Å². The van der Waals surface area contributed by atoms with Gasteiger partial charge < -0.3 is 11.1 Å². The van der Waals surface area contributed by atoms with Gasteiger partial charge >= 0.3 is 0 Å². The molecule has 5 nitrogen and oxygen atoms in total. The first kappa shape index (κ1) is 19.6. The van der Waals surface area contributed by atoms with Gasteiger partial charge in [0, 0.05) is 28.7 Å². The third kappa shape index (κ3) is 4.77. The molecule has 0 radical (unpaired) electrons. The second-order valence-corrected chi connectivity index (χ2v) is 7.87. The van der Waals surface area contributed by atoms with E-state index < -0.39 is 0 Å². The fourth-order valence-corrected chi connectivity index (χ4v) is 4.17. The first-order chi connectivity index (χ1) is 13.0. The summed E-state index contributed by atoms with van der Waals surface area (Å²) in [7, 11) is 0. The number of hydrogen-bond donors (Lipinski definition) is 2. The largest absolute Gasteiger partial charge is 0.368 e. The topological polar surface area (TPSA) is 80.9 Å². The third-order valence-electron chi connectivity index (χ3n) is 4.16. The van der Waals surface area contributed by atoms with Gasteiger partial charge in [-0.1, -0.05) is 36.2 Å². The zero-order chi connectivity index (χ0) is 19.4. The normalized spacial score (nSPS) is 12.0. The minimum atomic E-state index is -0.128. The molecule has 0 saturated carbocycles. The number of anilines is 1. The molecular formula is C19H18Cl2N4OS. The van der Waals surface area contributed by atoms with Crippen molar-refractivity contribution in [2.24, 2.45) is 0 Å². The highest BCUT2D eigenvalue weighted by Crippen LogP contribution is 2.30. The lowest BCUT2D eigenvalue weighted by atomic mass is 9.96. The quantitative estimate of drug-likeness (QED) is 0.586. The highest BCUT2D eigenvalue weighted by atomic mass is 35.5. The van der Waals surface area contributed by atoms with E-state index in [2.05, 4.69) is 22.2 Å². The zero-order valence-electron chi connectivity index (χ0n) is 14.6. The molecule has 3 rings (SSSR count). The summed E-state index contributed by atoms with van der Waals surface area (Å²) < 4.78 is 0. The van der Waals surface area contributed by atoms with E-state index in [9.17, 15) is 4.79 Å². The van der Waals surface area contributed by atoms with E-state index in [-0.39, 0.29) is 17.8 Å². The molecule has 0 aliphatic heterocycles. The van der Waals surface area contributed by atoms with Crippen LogP contribution in [0.15, 0.2) is 42.6 Å². The number of nitrogens with one attached hydrogen (secondary N) is 1. The standard InChI is InChI=1S/C19H18Cl2N4OS/c1-2-11(13-4-3-12(20)9-14(13)21)10-24-18(26)17-6-5-16(27-17)15-7-8-23-19(22)25-15/h3-9,11H,2,10H2,1H3,(H,24,26)(H2,22,23,25). The molecule has 8 heteroatoms. The number of rotatable bonds is 6. The molecule has 140 valence electrons. The van der Waals surface area contributed by atoms with Gasteiger partial charge in [-0.3, -0.25) is 4.79 Å². The number of hydrogen-bond acceptors (Lipinski definition) is 5. The molecule has 0 fully saturated rings. The molecule has 1 unspecified atom stereocenters. The summed E-state index contributed by atoms with van der Waals surface area (Å²) in [5.74, 6) is 0.189. The molecule has 3 N–H and O–H groups in total. The summed E-state index contributed by atoms with van der Waals surface area (Å²) in [6.45, 7) is 2.55. The van der Waals surface area contributed by atoms with Gasteiger partial charge in [0.2, 0.25) is 5.95 Å². The van der Waals surface area contributed by atoms with Crippen molar-refractivity contribution in [2.45, 2.75) is 19.3 Å². The minimum absolute atomic E-state index is 0.111. The lowest BCUT2D eigenvalue weighted by molar-refractivity contribution is 0.0955. The van der Waals surface area contributed by atoms with Crippen molar-refractivity contribution in [3.63, 3.8) is 0 Å².